The lowest BCUT2D eigenvalue weighted by molar-refractivity contribution is 0.565. The smallest absolute Gasteiger partial charge is 0.211 e. The van der Waals surface area contributed by atoms with Crippen LogP contribution in [-0.2, 0) is 4.79 Å². The first-order chi connectivity index (χ1) is 5.24. The molecule has 0 saturated heterocycles. The summed E-state index contributed by atoms with van der Waals surface area (Å²) in [5.74, 6) is 0. The highest BCUT2D eigenvalue weighted by Gasteiger charge is 1.97. The van der Waals surface area contributed by atoms with Crippen molar-refractivity contribution >= 4 is 35.0 Å². The van der Waals surface area contributed by atoms with Crippen LogP contribution in [0.1, 0.15) is 0 Å². The number of carbonyl (C=O) groups excluding carboxylic acids is 1. The summed E-state index contributed by atoms with van der Waals surface area (Å²) in [7, 11) is 0. The summed E-state index contributed by atoms with van der Waals surface area (Å²) in [4.78, 5) is 13.2. The van der Waals surface area contributed by atoms with Gasteiger partial charge in [-0.25, -0.2) is 4.79 Å². The molecule has 1 rings (SSSR count). The van der Waals surface area contributed by atoms with Crippen molar-refractivity contribution < 1.29 is 4.79 Å². The van der Waals surface area contributed by atoms with Crippen LogP contribution in [0, 0.1) is 0 Å². The Morgan fingerprint density at radius 2 is 2.09 bits per heavy atom. The second-order valence-corrected chi connectivity index (χ2v) is 2.64. The minimum Gasteiger partial charge on any atom is -0.211 e. The van der Waals surface area contributed by atoms with Crippen molar-refractivity contribution in [3.63, 3.8) is 0 Å². The van der Waals surface area contributed by atoms with Crippen LogP contribution in [0.2, 0.25) is 10.0 Å². The van der Waals surface area contributed by atoms with E-state index in [4.69, 9.17) is 23.2 Å². The molecule has 0 heterocycles. The second-order valence-electron chi connectivity index (χ2n) is 1.80. The molecule has 0 aliphatic carbocycles. The number of rotatable bonds is 1. The standard InChI is InChI=1S/C7H3Cl2NO/c8-5-1-2-6(9)7(3-5)10-4-11/h1-3H. The molecule has 0 bridgehead atoms. The fourth-order valence-electron chi connectivity index (χ4n) is 0.621. The lowest BCUT2D eigenvalue weighted by atomic mass is 10.3. The van der Waals surface area contributed by atoms with Gasteiger partial charge in [0.15, 0.2) is 0 Å². The van der Waals surface area contributed by atoms with Crippen LogP contribution >= 0.6 is 23.2 Å². The van der Waals surface area contributed by atoms with Crippen molar-refractivity contribution in [2.45, 2.75) is 0 Å². The SMILES string of the molecule is O=C=Nc1cc(Cl)ccc1Cl. The van der Waals surface area contributed by atoms with Gasteiger partial charge in [-0.15, -0.1) is 0 Å². The van der Waals surface area contributed by atoms with E-state index in [1.807, 2.05) is 0 Å². The topological polar surface area (TPSA) is 29.4 Å². The Labute approximate surface area is 73.5 Å². The molecule has 2 nitrogen and oxygen atoms in total. The van der Waals surface area contributed by atoms with Gasteiger partial charge in [-0.1, -0.05) is 23.2 Å². The molecular weight excluding hydrogens is 185 g/mol. The number of halogens is 2. The molecule has 0 amide bonds. The van der Waals surface area contributed by atoms with Crippen LogP contribution in [0.25, 0.3) is 0 Å². The first-order valence-corrected chi connectivity index (χ1v) is 3.52. The minimum atomic E-state index is 0.342. The summed E-state index contributed by atoms with van der Waals surface area (Å²) in [6.07, 6.45) is 1.38. The average molecular weight is 188 g/mol. The van der Waals surface area contributed by atoms with E-state index in [2.05, 4.69) is 4.99 Å². The summed E-state index contributed by atoms with van der Waals surface area (Å²) in [6, 6.07) is 4.68. The van der Waals surface area contributed by atoms with E-state index in [9.17, 15) is 4.79 Å². The highest BCUT2D eigenvalue weighted by molar-refractivity contribution is 6.35. The Morgan fingerprint density at radius 3 is 2.73 bits per heavy atom. The number of nitrogens with zero attached hydrogens (tertiary/aromatic N) is 1. The molecule has 0 N–H and O–H groups in total. The van der Waals surface area contributed by atoms with Crippen molar-refractivity contribution in [2.24, 2.45) is 4.99 Å². The molecule has 0 radical (unpaired) electrons. The highest BCUT2D eigenvalue weighted by atomic mass is 35.5. The third-order valence-corrected chi connectivity index (χ3v) is 1.63. The van der Waals surface area contributed by atoms with Crippen LogP contribution in [0.15, 0.2) is 23.2 Å². The summed E-state index contributed by atoms with van der Waals surface area (Å²) < 4.78 is 0. The molecule has 56 valence electrons. The molecule has 4 heteroatoms. The molecule has 1 aromatic rings. The molecule has 0 fully saturated rings. The Balaban J connectivity index is 3.22. The Kier molecular flexibility index (Phi) is 2.66. The summed E-state index contributed by atoms with van der Waals surface area (Å²) in [5.41, 5.74) is 0.342. The number of isocyanates is 1. The van der Waals surface area contributed by atoms with E-state index >= 15 is 0 Å². The van der Waals surface area contributed by atoms with Crippen molar-refractivity contribution in [1.82, 2.24) is 0 Å². The first kappa shape index (κ1) is 8.28. The number of hydrogen-bond acceptors (Lipinski definition) is 2. The molecule has 0 spiro atoms. The number of benzene rings is 1. The molecule has 0 aliphatic heterocycles. The molecule has 0 atom stereocenters. The van der Waals surface area contributed by atoms with Gasteiger partial charge in [0.1, 0.15) is 0 Å². The molecule has 1 aromatic carbocycles. The molecule has 0 aliphatic rings. The molecule has 11 heavy (non-hydrogen) atoms. The van der Waals surface area contributed by atoms with Crippen molar-refractivity contribution in [1.29, 1.82) is 0 Å². The van der Waals surface area contributed by atoms with Gasteiger partial charge < -0.3 is 0 Å². The van der Waals surface area contributed by atoms with Crippen LogP contribution in [-0.4, -0.2) is 6.08 Å². The van der Waals surface area contributed by atoms with Crippen LogP contribution < -0.4 is 0 Å². The zero-order valence-corrected chi connectivity index (χ0v) is 6.86. The summed E-state index contributed by atoms with van der Waals surface area (Å²) in [5, 5.41) is 0.876. The Morgan fingerprint density at radius 1 is 1.36 bits per heavy atom. The predicted octanol–water partition coefficient (Wildman–Crippen LogP) is 2.96. The van der Waals surface area contributed by atoms with Crippen LogP contribution in [0.3, 0.4) is 0 Å². The maximum atomic E-state index is 9.84. The highest BCUT2D eigenvalue weighted by Crippen LogP contribution is 2.27. The van der Waals surface area contributed by atoms with E-state index in [1.54, 1.807) is 12.1 Å². The first-order valence-electron chi connectivity index (χ1n) is 2.77. The van der Waals surface area contributed by atoms with Gasteiger partial charge >= 0.3 is 0 Å². The maximum absolute atomic E-state index is 9.84. The van der Waals surface area contributed by atoms with E-state index in [0.717, 1.165) is 0 Å². The van der Waals surface area contributed by atoms with Gasteiger partial charge in [0.05, 0.1) is 10.7 Å². The second kappa shape index (κ2) is 3.54. The van der Waals surface area contributed by atoms with Crippen LogP contribution in [0.4, 0.5) is 5.69 Å². The fraction of sp³-hybridized carbons (Fsp3) is 0. The largest absolute Gasteiger partial charge is 0.240 e. The van der Waals surface area contributed by atoms with Gasteiger partial charge in [-0.2, -0.15) is 4.99 Å². The van der Waals surface area contributed by atoms with E-state index < -0.39 is 0 Å². The molecule has 0 aromatic heterocycles. The zero-order valence-electron chi connectivity index (χ0n) is 5.34. The van der Waals surface area contributed by atoms with Gasteiger partial charge in [0.2, 0.25) is 6.08 Å². The fourth-order valence-corrected chi connectivity index (χ4v) is 0.947. The van der Waals surface area contributed by atoms with Crippen molar-refractivity contribution in [3.05, 3.63) is 28.2 Å². The van der Waals surface area contributed by atoms with Crippen LogP contribution in [0.5, 0.6) is 0 Å². The number of aliphatic imine (C=N–C) groups is 1. The van der Waals surface area contributed by atoms with Gasteiger partial charge in [0.25, 0.3) is 0 Å². The zero-order chi connectivity index (χ0) is 8.27. The minimum absolute atomic E-state index is 0.342. The summed E-state index contributed by atoms with van der Waals surface area (Å²) >= 11 is 11.2. The molecular formula is C7H3Cl2NO. The van der Waals surface area contributed by atoms with Crippen molar-refractivity contribution in [2.75, 3.05) is 0 Å². The van der Waals surface area contributed by atoms with E-state index in [1.165, 1.54) is 12.1 Å². The maximum Gasteiger partial charge on any atom is 0.240 e. The van der Waals surface area contributed by atoms with Crippen molar-refractivity contribution in [3.8, 4) is 0 Å². The lowest BCUT2D eigenvalue weighted by Crippen LogP contribution is -1.68. The van der Waals surface area contributed by atoms with E-state index in [-0.39, 0.29) is 0 Å². The quantitative estimate of drug-likeness (QED) is 0.492. The van der Waals surface area contributed by atoms with Gasteiger partial charge in [-0.05, 0) is 18.2 Å². The third kappa shape index (κ3) is 2.05. The Hall–Kier alpha value is -0.820. The summed E-state index contributed by atoms with van der Waals surface area (Å²) in [6.45, 7) is 0. The Bertz CT molecular complexity index is 318. The third-order valence-electron chi connectivity index (χ3n) is 1.07. The van der Waals surface area contributed by atoms with E-state index in [0.29, 0.717) is 15.7 Å². The van der Waals surface area contributed by atoms with Gasteiger partial charge in [-0.3, -0.25) is 0 Å². The average Bonchev–Trinajstić information content (AvgIpc) is 1.98. The molecule has 0 unspecified atom stereocenters. The normalized spacial score (nSPS) is 8.91. The molecule has 0 saturated carbocycles. The van der Waals surface area contributed by atoms with Gasteiger partial charge in [0, 0.05) is 5.02 Å². The lowest BCUT2D eigenvalue weighted by Gasteiger charge is -1.94. The number of hydrogen-bond donors (Lipinski definition) is 0. The predicted molar refractivity (Wildman–Crippen MR) is 44.2 cm³/mol. The monoisotopic (exact) mass is 187 g/mol.